The smallest absolute Gasteiger partial charge is 0.190 e. The fraction of sp³-hybridized carbons (Fsp3) is 0.667. The van der Waals surface area contributed by atoms with E-state index in [-0.39, 0.29) is 0 Å². The number of hydrogen-bond acceptors (Lipinski definition) is 3. The molecule has 0 bridgehead atoms. The minimum absolute atomic E-state index is 0.503. The second-order valence-corrected chi connectivity index (χ2v) is 4.55. The lowest BCUT2D eigenvalue weighted by Crippen LogP contribution is -2.36. The molecule has 0 aliphatic heterocycles. The summed E-state index contributed by atoms with van der Waals surface area (Å²) in [5.74, 6) is 2.22. The maximum Gasteiger partial charge on any atom is 0.190 e. The van der Waals surface area contributed by atoms with E-state index >= 15 is 0 Å². The monoisotopic (exact) mass is 208 g/mol. The molecule has 0 amide bonds. The van der Waals surface area contributed by atoms with Gasteiger partial charge < -0.3 is 15.5 Å². The van der Waals surface area contributed by atoms with Crippen molar-refractivity contribution in [2.24, 2.45) is 5.92 Å². The van der Waals surface area contributed by atoms with Crippen LogP contribution in [0.3, 0.4) is 0 Å². The summed E-state index contributed by atoms with van der Waals surface area (Å²) >= 11 is 0. The molecule has 1 saturated carbocycles. The van der Waals surface area contributed by atoms with E-state index in [9.17, 15) is 0 Å². The van der Waals surface area contributed by atoms with Gasteiger partial charge in [0.25, 0.3) is 0 Å². The van der Waals surface area contributed by atoms with Gasteiger partial charge in [0.2, 0.25) is 0 Å². The van der Waals surface area contributed by atoms with Crippen LogP contribution in [0, 0.1) is 5.92 Å². The molecular formula is C12H20N2O. The van der Waals surface area contributed by atoms with Crippen LogP contribution in [0.15, 0.2) is 16.5 Å². The average molecular weight is 208 g/mol. The zero-order valence-electron chi connectivity index (χ0n) is 9.33. The molecule has 0 saturated heterocycles. The summed E-state index contributed by atoms with van der Waals surface area (Å²) in [7, 11) is 0. The highest BCUT2D eigenvalue weighted by atomic mass is 16.4. The zero-order chi connectivity index (χ0) is 10.7. The first-order valence-electron chi connectivity index (χ1n) is 5.83. The first-order valence-corrected chi connectivity index (χ1v) is 5.83. The number of anilines is 1. The number of nitrogen functional groups attached to an aromatic ring is 1. The molecule has 1 aromatic heterocycles. The fourth-order valence-electron chi connectivity index (χ4n) is 2.34. The molecule has 2 atom stereocenters. The topological polar surface area (TPSA) is 51.2 Å². The number of nitrogens with two attached hydrogens (primary N) is 1. The molecule has 2 rings (SSSR count). The third kappa shape index (κ3) is 2.75. The third-order valence-corrected chi connectivity index (χ3v) is 3.33. The number of rotatable bonds is 3. The Morgan fingerprint density at radius 3 is 2.87 bits per heavy atom. The van der Waals surface area contributed by atoms with Gasteiger partial charge in [-0.3, -0.25) is 0 Å². The summed E-state index contributed by atoms with van der Waals surface area (Å²) in [5, 5.41) is 3.55. The van der Waals surface area contributed by atoms with Crippen LogP contribution in [0.25, 0.3) is 0 Å². The molecule has 3 heteroatoms. The van der Waals surface area contributed by atoms with Gasteiger partial charge in [0.1, 0.15) is 5.76 Å². The van der Waals surface area contributed by atoms with E-state index in [1.54, 1.807) is 6.07 Å². The maximum absolute atomic E-state index is 5.52. The van der Waals surface area contributed by atoms with Crippen LogP contribution in [0.1, 0.15) is 38.4 Å². The van der Waals surface area contributed by atoms with Crippen LogP contribution < -0.4 is 11.1 Å². The highest BCUT2D eigenvalue weighted by Crippen LogP contribution is 2.24. The van der Waals surface area contributed by atoms with Crippen molar-refractivity contribution >= 4 is 5.88 Å². The van der Waals surface area contributed by atoms with Gasteiger partial charge >= 0.3 is 0 Å². The maximum atomic E-state index is 5.52. The van der Waals surface area contributed by atoms with Crippen LogP contribution in [0.2, 0.25) is 0 Å². The lowest BCUT2D eigenvalue weighted by molar-refractivity contribution is 0.273. The van der Waals surface area contributed by atoms with Gasteiger partial charge in [-0.05, 0) is 24.8 Å². The van der Waals surface area contributed by atoms with Crippen LogP contribution in [0.5, 0.6) is 0 Å². The van der Waals surface area contributed by atoms with Gasteiger partial charge in [-0.15, -0.1) is 0 Å². The van der Waals surface area contributed by atoms with Gasteiger partial charge in [0.15, 0.2) is 5.88 Å². The predicted molar refractivity (Wildman–Crippen MR) is 61.4 cm³/mol. The van der Waals surface area contributed by atoms with Crippen LogP contribution in [-0.4, -0.2) is 6.04 Å². The molecule has 1 aliphatic carbocycles. The largest absolute Gasteiger partial charge is 0.445 e. The number of furan rings is 1. The van der Waals surface area contributed by atoms with Gasteiger partial charge in [0.05, 0.1) is 6.54 Å². The summed E-state index contributed by atoms with van der Waals surface area (Å²) in [5.41, 5.74) is 5.52. The van der Waals surface area contributed by atoms with Crippen molar-refractivity contribution < 1.29 is 4.42 Å². The van der Waals surface area contributed by atoms with E-state index in [0.29, 0.717) is 11.9 Å². The molecule has 1 aromatic rings. The SMILES string of the molecule is CC1CCCCC1NCc1ccc(N)o1. The minimum Gasteiger partial charge on any atom is -0.445 e. The second-order valence-electron chi connectivity index (χ2n) is 4.55. The molecule has 0 radical (unpaired) electrons. The lowest BCUT2D eigenvalue weighted by atomic mass is 9.86. The van der Waals surface area contributed by atoms with Crippen molar-refractivity contribution in [3.8, 4) is 0 Å². The van der Waals surface area contributed by atoms with Gasteiger partial charge in [0, 0.05) is 12.1 Å². The third-order valence-electron chi connectivity index (χ3n) is 3.33. The molecular weight excluding hydrogens is 188 g/mol. The Balaban J connectivity index is 1.81. The Morgan fingerprint density at radius 1 is 1.40 bits per heavy atom. The van der Waals surface area contributed by atoms with Gasteiger partial charge in [-0.25, -0.2) is 0 Å². The molecule has 1 fully saturated rings. The van der Waals surface area contributed by atoms with E-state index in [0.717, 1.165) is 18.2 Å². The molecule has 0 spiro atoms. The molecule has 3 nitrogen and oxygen atoms in total. The van der Waals surface area contributed by atoms with Crippen molar-refractivity contribution in [1.29, 1.82) is 0 Å². The zero-order valence-corrected chi connectivity index (χ0v) is 9.33. The summed E-state index contributed by atoms with van der Waals surface area (Å²) < 4.78 is 5.33. The number of hydrogen-bond donors (Lipinski definition) is 2. The molecule has 1 aliphatic rings. The highest BCUT2D eigenvalue weighted by molar-refractivity contribution is 5.25. The van der Waals surface area contributed by atoms with Gasteiger partial charge in [-0.1, -0.05) is 19.8 Å². The Hall–Kier alpha value is -0.960. The van der Waals surface area contributed by atoms with E-state index in [4.69, 9.17) is 10.2 Å². The highest BCUT2D eigenvalue weighted by Gasteiger charge is 2.20. The van der Waals surface area contributed by atoms with Crippen molar-refractivity contribution in [2.45, 2.75) is 45.2 Å². The molecule has 15 heavy (non-hydrogen) atoms. The Labute approximate surface area is 91.0 Å². The first-order chi connectivity index (χ1) is 7.25. The van der Waals surface area contributed by atoms with E-state index in [2.05, 4.69) is 12.2 Å². The molecule has 2 unspecified atom stereocenters. The molecule has 1 heterocycles. The van der Waals surface area contributed by atoms with Crippen molar-refractivity contribution in [3.05, 3.63) is 17.9 Å². The van der Waals surface area contributed by atoms with Crippen molar-refractivity contribution in [3.63, 3.8) is 0 Å². The second kappa shape index (κ2) is 4.71. The quantitative estimate of drug-likeness (QED) is 0.802. The molecule has 0 aromatic carbocycles. The molecule has 84 valence electrons. The summed E-state index contributed by atoms with van der Waals surface area (Å²) in [6.45, 7) is 3.12. The Bertz CT molecular complexity index is 308. The van der Waals surface area contributed by atoms with Crippen LogP contribution >= 0.6 is 0 Å². The fourth-order valence-corrected chi connectivity index (χ4v) is 2.34. The summed E-state index contributed by atoms with van der Waals surface area (Å²) in [4.78, 5) is 0. The normalized spacial score (nSPS) is 26.7. The van der Waals surface area contributed by atoms with E-state index in [1.165, 1.54) is 25.7 Å². The summed E-state index contributed by atoms with van der Waals surface area (Å²) in [6, 6.07) is 4.39. The number of nitrogens with one attached hydrogen (secondary N) is 1. The van der Waals surface area contributed by atoms with Crippen LogP contribution in [0.4, 0.5) is 5.88 Å². The molecule has 3 N–H and O–H groups in total. The predicted octanol–water partition coefficient (Wildman–Crippen LogP) is 2.53. The average Bonchev–Trinajstić information content (AvgIpc) is 2.63. The lowest BCUT2D eigenvalue weighted by Gasteiger charge is -2.29. The standard InChI is InChI=1S/C12H20N2O/c1-9-4-2-3-5-11(9)14-8-10-6-7-12(13)15-10/h6-7,9,11,14H,2-5,8,13H2,1H3. The summed E-state index contributed by atoms with van der Waals surface area (Å²) in [6.07, 6.45) is 5.37. The van der Waals surface area contributed by atoms with E-state index in [1.807, 2.05) is 6.07 Å². The first kappa shape index (κ1) is 10.6. The van der Waals surface area contributed by atoms with Gasteiger partial charge in [-0.2, -0.15) is 0 Å². The Kier molecular flexibility index (Phi) is 3.31. The van der Waals surface area contributed by atoms with Crippen molar-refractivity contribution in [1.82, 2.24) is 5.32 Å². The Morgan fingerprint density at radius 2 is 2.20 bits per heavy atom. The van der Waals surface area contributed by atoms with Crippen LogP contribution in [-0.2, 0) is 6.54 Å². The minimum atomic E-state index is 0.503. The van der Waals surface area contributed by atoms with E-state index < -0.39 is 0 Å². The van der Waals surface area contributed by atoms with Crippen molar-refractivity contribution in [2.75, 3.05) is 5.73 Å².